The number of amides is 2. The van der Waals surface area contributed by atoms with Gasteiger partial charge in [-0.05, 0) is 53.8 Å². The summed E-state index contributed by atoms with van der Waals surface area (Å²) in [6, 6.07) is 12.9. The van der Waals surface area contributed by atoms with E-state index < -0.39 is 21.7 Å². The number of nitrogens with one attached hydrogen (secondary N) is 2. The second kappa shape index (κ2) is 9.72. The third-order valence-electron chi connectivity index (χ3n) is 5.31. The molecule has 7 nitrogen and oxygen atoms in total. The van der Waals surface area contributed by atoms with Gasteiger partial charge in [0.05, 0.1) is 10.6 Å². The Balaban J connectivity index is 1.34. The van der Waals surface area contributed by atoms with Crippen LogP contribution in [0.3, 0.4) is 0 Å². The summed E-state index contributed by atoms with van der Waals surface area (Å²) >= 11 is 1.70. The van der Waals surface area contributed by atoms with E-state index >= 15 is 0 Å². The van der Waals surface area contributed by atoms with Crippen LogP contribution in [-0.4, -0.2) is 38.2 Å². The van der Waals surface area contributed by atoms with Crippen molar-refractivity contribution in [2.24, 2.45) is 0 Å². The molecule has 0 spiro atoms. The molecule has 0 atom stereocenters. The number of anilines is 1. The lowest BCUT2D eigenvalue weighted by Crippen LogP contribution is -2.37. The maximum Gasteiger partial charge on any atom is 0.262 e. The number of nitrogens with zero attached hydrogens (tertiary/aromatic N) is 1. The van der Waals surface area contributed by atoms with Gasteiger partial charge in [-0.1, -0.05) is 18.2 Å². The van der Waals surface area contributed by atoms with Crippen LogP contribution >= 0.6 is 11.3 Å². The van der Waals surface area contributed by atoms with E-state index in [1.807, 2.05) is 11.4 Å². The van der Waals surface area contributed by atoms with Crippen LogP contribution in [0.2, 0.25) is 0 Å². The second-order valence-corrected chi connectivity index (χ2v) is 10.2. The summed E-state index contributed by atoms with van der Waals surface area (Å²) in [6.45, 7) is 1.38. The van der Waals surface area contributed by atoms with E-state index in [-0.39, 0.29) is 35.0 Å². The number of hydrogen-bond donors (Lipinski definition) is 2. The number of fused-ring (bicyclic) bond motifs is 1. The average Bonchev–Trinajstić information content (AvgIpc) is 3.28. The van der Waals surface area contributed by atoms with E-state index in [0.29, 0.717) is 13.1 Å². The Labute approximate surface area is 195 Å². The highest BCUT2D eigenvalue weighted by Gasteiger charge is 2.22. The standard InChI is InChI=1S/C23H22FN3O4S2/c24-19-6-1-2-7-20(19)26-33(30,31)18-5-3-4-16(14-18)23(29)25-11-8-22(28)27-12-9-21-17(15-27)10-13-32-21/h1-7,10,13-14,26H,8-9,11-12,15H2,(H,25,29). The van der Waals surface area contributed by atoms with Gasteiger partial charge in [-0.15, -0.1) is 11.3 Å². The van der Waals surface area contributed by atoms with Crippen molar-refractivity contribution in [3.8, 4) is 0 Å². The number of rotatable bonds is 7. The third-order valence-corrected chi connectivity index (χ3v) is 7.70. The van der Waals surface area contributed by atoms with Crippen molar-refractivity contribution in [1.29, 1.82) is 0 Å². The Morgan fingerprint density at radius 2 is 1.91 bits per heavy atom. The monoisotopic (exact) mass is 487 g/mol. The number of halogens is 1. The number of hydrogen-bond acceptors (Lipinski definition) is 5. The number of benzene rings is 2. The van der Waals surface area contributed by atoms with Crippen LogP contribution in [0.4, 0.5) is 10.1 Å². The van der Waals surface area contributed by atoms with Gasteiger partial charge in [0.1, 0.15) is 5.82 Å². The highest BCUT2D eigenvalue weighted by atomic mass is 32.2. The van der Waals surface area contributed by atoms with E-state index in [0.717, 1.165) is 12.5 Å². The van der Waals surface area contributed by atoms with Gasteiger partial charge >= 0.3 is 0 Å². The van der Waals surface area contributed by atoms with Crippen LogP contribution in [0.5, 0.6) is 0 Å². The molecule has 0 saturated carbocycles. The van der Waals surface area contributed by atoms with Crippen molar-refractivity contribution >= 4 is 38.9 Å². The molecule has 2 heterocycles. The fourth-order valence-electron chi connectivity index (χ4n) is 3.56. The largest absolute Gasteiger partial charge is 0.352 e. The van der Waals surface area contributed by atoms with Gasteiger partial charge < -0.3 is 10.2 Å². The molecule has 1 aliphatic heterocycles. The number of para-hydroxylation sites is 1. The summed E-state index contributed by atoms with van der Waals surface area (Å²) in [6.07, 6.45) is 0.991. The SMILES string of the molecule is O=C(NCCC(=O)N1CCc2sccc2C1)c1cccc(S(=O)(=O)Nc2ccccc2F)c1. The number of thiophene rings is 1. The van der Waals surface area contributed by atoms with Gasteiger partial charge in [-0.3, -0.25) is 14.3 Å². The first-order chi connectivity index (χ1) is 15.8. The predicted molar refractivity (Wildman–Crippen MR) is 124 cm³/mol. The molecule has 2 N–H and O–H groups in total. The Hall–Kier alpha value is -3.24. The minimum absolute atomic E-state index is 0.0439. The quantitative estimate of drug-likeness (QED) is 0.534. The zero-order chi connectivity index (χ0) is 23.4. The Morgan fingerprint density at radius 3 is 2.73 bits per heavy atom. The van der Waals surface area contributed by atoms with Crippen LogP contribution < -0.4 is 10.0 Å². The molecule has 3 aromatic rings. The van der Waals surface area contributed by atoms with Crippen LogP contribution in [-0.2, 0) is 27.8 Å². The summed E-state index contributed by atoms with van der Waals surface area (Å²) in [5, 5.41) is 4.69. The van der Waals surface area contributed by atoms with Crippen molar-refractivity contribution in [3.63, 3.8) is 0 Å². The topological polar surface area (TPSA) is 95.6 Å². The van der Waals surface area contributed by atoms with Crippen molar-refractivity contribution in [2.75, 3.05) is 17.8 Å². The molecular formula is C23H22FN3O4S2. The van der Waals surface area contributed by atoms with Gasteiger partial charge in [0.25, 0.3) is 15.9 Å². The summed E-state index contributed by atoms with van der Waals surface area (Å²) in [5.74, 6) is -1.24. The average molecular weight is 488 g/mol. The van der Waals surface area contributed by atoms with Gasteiger partial charge in [0.15, 0.2) is 0 Å². The molecule has 0 unspecified atom stereocenters. The van der Waals surface area contributed by atoms with E-state index in [2.05, 4.69) is 10.0 Å². The Bertz CT molecular complexity index is 1290. The van der Waals surface area contributed by atoms with Crippen molar-refractivity contribution in [1.82, 2.24) is 10.2 Å². The van der Waals surface area contributed by atoms with Crippen molar-refractivity contribution < 1.29 is 22.4 Å². The van der Waals surface area contributed by atoms with Crippen LogP contribution in [0.1, 0.15) is 27.2 Å². The van der Waals surface area contributed by atoms with Crippen molar-refractivity contribution in [3.05, 3.63) is 81.8 Å². The van der Waals surface area contributed by atoms with Gasteiger partial charge in [-0.25, -0.2) is 12.8 Å². The molecule has 2 amide bonds. The molecule has 4 rings (SSSR count). The molecule has 33 heavy (non-hydrogen) atoms. The molecule has 0 radical (unpaired) electrons. The third kappa shape index (κ3) is 5.40. The van der Waals surface area contributed by atoms with E-state index in [9.17, 15) is 22.4 Å². The maximum atomic E-state index is 13.8. The molecule has 0 fully saturated rings. The number of carbonyl (C=O) groups is 2. The minimum Gasteiger partial charge on any atom is -0.352 e. The summed E-state index contributed by atoms with van der Waals surface area (Å²) in [4.78, 5) is 27.9. The first-order valence-corrected chi connectivity index (χ1v) is 12.7. The molecule has 1 aromatic heterocycles. The van der Waals surface area contributed by atoms with E-state index in [1.54, 1.807) is 16.2 Å². The van der Waals surface area contributed by atoms with Crippen LogP contribution in [0.25, 0.3) is 0 Å². The maximum absolute atomic E-state index is 13.8. The summed E-state index contributed by atoms with van der Waals surface area (Å²) in [7, 11) is -4.09. The molecule has 1 aliphatic rings. The summed E-state index contributed by atoms with van der Waals surface area (Å²) in [5.41, 5.74) is 1.11. The zero-order valence-electron chi connectivity index (χ0n) is 17.6. The summed E-state index contributed by atoms with van der Waals surface area (Å²) < 4.78 is 41.2. The van der Waals surface area contributed by atoms with E-state index in [1.165, 1.54) is 52.9 Å². The van der Waals surface area contributed by atoms with Gasteiger partial charge in [0, 0.05) is 36.5 Å². The second-order valence-electron chi connectivity index (χ2n) is 7.55. The fourth-order valence-corrected chi connectivity index (χ4v) is 5.56. The number of sulfonamides is 1. The minimum atomic E-state index is -4.09. The lowest BCUT2D eigenvalue weighted by molar-refractivity contribution is -0.131. The highest BCUT2D eigenvalue weighted by molar-refractivity contribution is 7.92. The predicted octanol–water partition coefficient (Wildman–Crippen LogP) is 3.39. The molecule has 0 saturated heterocycles. The first-order valence-electron chi connectivity index (χ1n) is 10.3. The molecule has 172 valence electrons. The molecule has 2 aromatic carbocycles. The lowest BCUT2D eigenvalue weighted by Gasteiger charge is -2.27. The molecular weight excluding hydrogens is 465 g/mol. The molecule has 0 bridgehead atoms. The van der Waals surface area contributed by atoms with Crippen molar-refractivity contribution in [2.45, 2.75) is 24.3 Å². The Kier molecular flexibility index (Phi) is 6.75. The lowest BCUT2D eigenvalue weighted by atomic mass is 10.1. The number of carbonyl (C=O) groups excluding carboxylic acids is 2. The normalized spacial score (nSPS) is 13.3. The van der Waals surface area contributed by atoms with Crippen LogP contribution in [0, 0.1) is 5.82 Å². The smallest absolute Gasteiger partial charge is 0.262 e. The van der Waals surface area contributed by atoms with E-state index in [4.69, 9.17) is 0 Å². The fraction of sp³-hybridized carbons (Fsp3) is 0.217. The molecule has 0 aliphatic carbocycles. The van der Waals surface area contributed by atoms with Gasteiger partial charge in [-0.2, -0.15) is 0 Å². The molecule has 10 heteroatoms. The first kappa shape index (κ1) is 22.9. The van der Waals surface area contributed by atoms with Gasteiger partial charge in [0.2, 0.25) is 5.91 Å². The Morgan fingerprint density at radius 1 is 1.09 bits per heavy atom. The van der Waals surface area contributed by atoms with Crippen LogP contribution in [0.15, 0.2) is 64.9 Å². The zero-order valence-corrected chi connectivity index (χ0v) is 19.2. The highest BCUT2D eigenvalue weighted by Crippen LogP contribution is 2.24.